The van der Waals surface area contributed by atoms with E-state index in [4.69, 9.17) is 4.74 Å². The topological polar surface area (TPSA) is 50.4 Å². The van der Waals surface area contributed by atoms with Gasteiger partial charge in [0.05, 0.1) is 0 Å². The molecule has 0 bridgehead atoms. The third-order valence-corrected chi connectivity index (χ3v) is 3.30. The number of ether oxygens (including phenoxy) is 1. The van der Waals surface area contributed by atoms with Crippen LogP contribution >= 0.6 is 15.9 Å². The highest BCUT2D eigenvalue weighted by Crippen LogP contribution is 2.24. The van der Waals surface area contributed by atoms with Crippen molar-refractivity contribution in [1.82, 2.24) is 10.6 Å². The standard InChI is InChI=1S/C15H23BrN2O2/c1-4-8-18-15(19)11(3)20-14-7-6-13(16)9-12(14)10-17-5-2/h6-7,9,11,17H,4-5,8,10H2,1-3H3,(H,18,19). The van der Waals surface area contributed by atoms with Crippen LogP contribution in [0.25, 0.3) is 0 Å². The molecule has 0 spiro atoms. The highest BCUT2D eigenvalue weighted by molar-refractivity contribution is 9.10. The minimum Gasteiger partial charge on any atom is -0.481 e. The van der Waals surface area contributed by atoms with Gasteiger partial charge in [0.2, 0.25) is 0 Å². The largest absolute Gasteiger partial charge is 0.481 e. The number of carbonyl (C=O) groups excluding carboxylic acids is 1. The van der Waals surface area contributed by atoms with Crippen molar-refractivity contribution in [3.05, 3.63) is 28.2 Å². The first kappa shape index (κ1) is 17.0. The zero-order valence-corrected chi connectivity index (χ0v) is 13.9. The van der Waals surface area contributed by atoms with E-state index in [1.165, 1.54) is 0 Å². The molecule has 1 amide bonds. The van der Waals surface area contributed by atoms with Crippen molar-refractivity contribution in [1.29, 1.82) is 0 Å². The summed E-state index contributed by atoms with van der Waals surface area (Å²) >= 11 is 3.45. The number of halogens is 1. The second-order valence-corrected chi connectivity index (χ2v) is 5.50. The average Bonchev–Trinajstić information content (AvgIpc) is 2.44. The van der Waals surface area contributed by atoms with Gasteiger partial charge in [-0.15, -0.1) is 0 Å². The molecule has 0 aliphatic rings. The van der Waals surface area contributed by atoms with Gasteiger partial charge in [0.15, 0.2) is 6.10 Å². The maximum absolute atomic E-state index is 11.8. The van der Waals surface area contributed by atoms with Gasteiger partial charge in [-0.2, -0.15) is 0 Å². The fraction of sp³-hybridized carbons (Fsp3) is 0.533. The maximum atomic E-state index is 11.8. The Balaban J connectivity index is 2.72. The summed E-state index contributed by atoms with van der Waals surface area (Å²) in [6, 6.07) is 5.82. The van der Waals surface area contributed by atoms with Crippen LogP contribution in [0.4, 0.5) is 0 Å². The second-order valence-electron chi connectivity index (χ2n) is 4.58. The number of hydrogen-bond donors (Lipinski definition) is 2. The molecule has 0 saturated carbocycles. The van der Waals surface area contributed by atoms with Crippen LogP contribution in [0.5, 0.6) is 5.75 Å². The molecule has 0 aliphatic carbocycles. The molecule has 1 atom stereocenters. The third-order valence-electron chi connectivity index (χ3n) is 2.81. The lowest BCUT2D eigenvalue weighted by Gasteiger charge is -2.17. The molecule has 0 aliphatic heterocycles. The van der Waals surface area contributed by atoms with Crippen LogP contribution < -0.4 is 15.4 Å². The summed E-state index contributed by atoms with van der Waals surface area (Å²) in [5.74, 6) is 0.664. The Kier molecular flexibility index (Phi) is 7.62. The summed E-state index contributed by atoms with van der Waals surface area (Å²) in [4.78, 5) is 11.8. The van der Waals surface area contributed by atoms with E-state index in [1.54, 1.807) is 6.92 Å². The molecular weight excluding hydrogens is 320 g/mol. The van der Waals surface area contributed by atoms with Gasteiger partial charge < -0.3 is 15.4 Å². The molecule has 20 heavy (non-hydrogen) atoms. The minimum atomic E-state index is -0.497. The summed E-state index contributed by atoms with van der Waals surface area (Å²) < 4.78 is 6.78. The fourth-order valence-electron chi connectivity index (χ4n) is 1.70. The number of benzene rings is 1. The first-order valence-corrected chi connectivity index (χ1v) is 7.81. The Morgan fingerprint density at radius 3 is 2.80 bits per heavy atom. The molecule has 0 saturated heterocycles. The predicted molar refractivity (Wildman–Crippen MR) is 84.9 cm³/mol. The molecule has 1 aromatic rings. The minimum absolute atomic E-state index is 0.0795. The molecule has 0 fully saturated rings. The average molecular weight is 343 g/mol. The molecule has 1 unspecified atom stereocenters. The SMILES string of the molecule is CCCNC(=O)C(C)Oc1ccc(Br)cc1CNCC. The molecule has 0 heterocycles. The van der Waals surface area contributed by atoms with Crippen molar-refractivity contribution in [3.63, 3.8) is 0 Å². The Hall–Kier alpha value is -1.07. The molecule has 0 aromatic heterocycles. The van der Waals surface area contributed by atoms with Gasteiger partial charge in [0, 0.05) is 23.1 Å². The molecular formula is C15H23BrN2O2. The van der Waals surface area contributed by atoms with Gasteiger partial charge in [0.1, 0.15) is 5.75 Å². The van der Waals surface area contributed by atoms with Crippen molar-refractivity contribution < 1.29 is 9.53 Å². The van der Waals surface area contributed by atoms with E-state index in [9.17, 15) is 4.79 Å². The molecule has 2 N–H and O–H groups in total. The second kappa shape index (κ2) is 8.97. The highest BCUT2D eigenvalue weighted by atomic mass is 79.9. The molecule has 5 heteroatoms. The lowest BCUT2D eigenvalue weighted by molar-refractivity contribution is -0.127. The quantitative estimate of drug-likeness (QED) is 0.763. The van der Waals surface area contributed by atoms with E-state index < -0.39 is 6.10 Å². The summed E-state index contributed by atoms with van der Waals surface area (Å²) in [6.07, 6.45) is 0.422. The smallest absolute Gasteiger partial charge is 0.260 e. The predicted octanol–water partition coefficient (Wildman–Crippen LogP) is 2.85. The van der Waals surface area contributed by atoms with Crippen molar-refractivity contribution in [2.45, 2.75) is 39.8 Å². The number of rotatable bonds is 8. The van der Waals surface area contributed by atoms with Gasteiger partial charge in [-0.05, 0) is 38.1 Å². The number of carbonyl (C=O) groups is 1. The first-order valence-electron chi connectivity index (χ1n) is 7.02. The molecule has 0 radical (unpaired) electrons. The Labute approximate surface area is 129 Å². The van der Waals surface area contributed by atoms with Crippen LogP contribution in [-0.4, -0.2) is 25.1 Å². The van der Waals surface area contributed by atoms with Gasteiger partial charge in [0.25, 0.3) is 5.91 Å². The van der Waals surface area contributed by atoms with E-state index in [1.807, 2.05) is 25.1 Å². The van der Waals surface area contributed by atoms with Gasteiger partial charge >= 0.3 is 0 Å². The van der Waals surface area contributed by atoms with Crippen molar-refractivity contribution in [2.75, 3.05) is 13.1 Å². The van der Waals surface area contributed by atoms with Crippen LogP contribution in [0, 0.1) is 0 Å². The van der Waals surface area contributed by atoms with E-state index >= 15 is 0 Å². The number of nitrogens with one attached hydrogen (secondary N) is 2. The summed E-state index contributed by atoms with van der Waals surface area (Å²) in [6.45, 7) is 8.13. The van der Waals surface area contributed by atoms with Crippen LogP contribution in [0.15, 0.2) is 22.7 Å². The van der Waals surface area contributed by atoms with Gasteiger partial charge in [-0.1, -0.05) is 29.8 Å². The summed E-state index contributed by atoms with van der Waals surface area (Å²) in [7, 11) is 0. The molecule has 112 valence electrons. The zero-order valence-electron chi connectivity index (χ0n) is 12.3. The monoisotopic (exact) mass is 342 g/mol. The lowest BCUT2D eigenvalue weighted by Crippen LogP contribution is -2.36. The van der Waals surface area contributed by atoms with Crippen LogP contribution in [-0.2, 0) is 11.3 Å². The summed E-state index contributed by atoms with van der Waals surface area (Å²) in [5.41, 5.74) is 1.04. The van der Waals surface area contributed by atoms with E-state index in [2.05, 4.69) is 33.5 Å². The number of amides is 1. The van der Waals surface area contributed by atoms with E-state index in [0.717, 1.165) is 28.8 Å². The van der Waals surface area contributed by atoms with E-state index in [0.29, 0.717) is 13.1 Å². The Morgan fingerprint density at radius 1 is 1.40 bits per heavy atom. The van der Waals surface area contributed by atoms with Crippen LogP contribution in [0.3, 0.4) is 0 Å². The molecule has 1 rings (SSSR count). The van der Waals surface area contributed by atoms with Crippen molar-refractivity contribution in [3.8, 4) is 5.75 Å². The van der Waals surface area contributed by atoms with Crippen LogP contribution in [0.2, 0.25) is 0 Å². The Morgan fingerprint density at radius 2 is 2.15 bits per heavy atom. The van der Waals surface area contributed by atoms with Crippen molar-refractivity contribution in [2.24, 2.45) is 0 Å². The normalized spacial score (nSPS) is 12.0. The van der Waals surface area contributed by atoms with Crippen molar-refractivity contribution >= 4 is 21.8 Å². The van der Waals surface area contributed by atoms with Gasteiger partial charge in [-0.25, -0.2) is 0 Å². The molecule has 4 nitrogen and oxygen atoms in total. The first-order chi connectivity index (χ1) is 9.58. The molecule has 1 aromatic carbocycles. The third kappa shape index (κ3) is 5.51. The lowest BCUT2D eigenvalue weighted by atomic mass is 10.2. The van der Waals surface area contributed by atoms with Gasteiger partial charge in [-0.3, -0.25) is 4.79 Å². The fourth-order valence-corrected chi connectivity index (χ4v) is 2.11. The van der Waals surface area contributed by atoms with E-state index in [-0.39, 0.29) is 5.91 Å². The Bertz CT molecular complexity index is 438. The summed E-state index contributed by atoms with van der Waals surface area (Å²) in [5, 5.41) is 6.11. The van der Waals surface area contributed by atoms with Crippen LogP contribution in [0.1, 0.15) is 32.8 Å². The zero-order chi connectivity index (χ0) is 15.0. The highest BCUT2D eigenvalue weighted by Gasteiger charge is 2.15. The number of hydrogen-bond acceptors (Lipinski definition) is 3. The maximum Gasteiger partial charge on any atom is 0.260 e.